The van der Waals surface area contributed by atoms with Gasteiger partial charge in [0.05, 0.1) is 25.1 Å². The molecule has 33 heavy (non-hydrogen) atoms. The maximum Gasteiger partial charge on any atom is 2.00 e. The molecule has 0 aliphatic carbocycles. The summed E-state index contributed by atoms with van der Waals surface area (Å²) in [5.41, 5.74) is 7.44. The molecule has 0 spiro atoms. The number of benzene rings is 2. The normalized spacial score (nSPS) is 11.9. The fourth-order valence-electron chi connectivity index (χ4n) is 3.48. The molecule has 0 bridgehead atoms. The molecule has 0 aromatic heterocycles. The van der Waals surface area contributed by atoms with Crippen molar-refractivity contribution >= 4 is 19.6 Å². The van der Waals surface area contributed by atoms with E-state index in [0.717, 1.165) is 24.4 Å². The molecule has 2 nitrogen and oxygen atoms in total. The average molecular weight is 506 g/mol. The first-order valence-corrected chi connectivity index (χ1v) is 13.6. The first-order chi connectivity index (χ1) is 14.9. The first-order valence-electron chi connectivity index (χ1n) is 11.9. The number of unbranched alkanes of at least 4 members (excludes halogenated alkanes) is 1. The quantitative estimate of drug-likeness (QED) is 0.181. The van der Waals surface area contributed by atoms with E-state index in [-0.39, 0.29) is 22.8 Å². The van der Waals surface area contributed by atoms with Crippen LogP contribution >= 0.6 is 8.07 Å². The van der Waals surface area contributed by atoms with E-state index in [2.05, 4.69) is 124 Å². The van der Waals surface area contributed by atoms with Crippen molar-refractivity contribution in [3.05, 3.63) is 78.6 Å². The molecule has 0 fully saturated rings. The predicted molar refractivity (Wildman–Crippen MR) is 149 cm³/mol. The van der Waals surface area contributed by atoms with Crippen LogP contribution in [-0.2, 0) is 22.8 Å². The van der Waals surface area contributed by atoms with Crippen LogP contribution in [0.25, 0.3) is 0 Å². The van der Waals surface area contributed by atoms with Crippen LogP contribution in [0.15, 0.2) is 47.5 Å². The number of aryl methyl sites for hydroxylation is 2. The van der Waals surface area contributed by atoms with Gasteiger partial charge in [0.15, 0.2) is 5.84 Å². The monoisotopic (exact) mass is 505 g/mol. The maximum absolute atomic E-state index is 5.16. The minimum absolute atomic E-state index is 0. The van der Waals surface area contributed by atoms with Crippen LogP contribution in [0.5, 0.6) is 0 Å². The zero-order valence-electron chi connectivity index (χ0n) is 22.4. The molecule has 1 N–H and O–H groups in total. The summed E-state index contributed by atoms with van der Waals surface area (Å²) in [6.07, 6.45) is 1.92. The number of nitrogens with zero attached hydrogens (tertiary/aromatic N) is 1. The fourth-order valence-corrected chi connectivity index (χ4v) is 5.86. The Labute approximate surface area is 217 Å². The number of para-hydroxylation sites is 1. The second kappa shape index (κ2) is 15.0. The minimum Gasteiger partial charge on any atom is -0.346 e. The molecule has 2 aromatic rings. The summed E-state index contributed by atoms with van der Waals surface area (Å²) >= 11 is 0. The van der Waals surface area contributed by atoms with E-state index < -0.39 is 8.07 Å². The molecule has 0 aliphatic heterocycles. The third-order valence-corrected chi connectivity index (χ3v) is 8.46. The molecule has 0 saturated carbocycles. The summed E-state index contributed by atoms with van der Waals surface area (Å²) in [5, 5.41) is 3.88. The summed E-state index contributed by atoms with van der Waals surface area (Å²) in [5.74, 6) is 1.01. The van der Waals surface area contributed by atoms with Crippen LogP contribution < -0.4 is 5.09 Å². The average Bonchev–Trinajstić information content (AvgIpc) is 2.72. The van der Waals surface area contributed by atoms with Gasteiger partial charge in [0.1, 0.15) is 0 Å². The van der Waals surface area contributed by atoms with Crippen molar-refractivity contribution in [3.8, 4) is 0 Å². The van der Waals surface area contributed by atoms with Crippen LogP contribution in [-0.4, -0.2) is 17.2 Å². The second-order valence-electron chi connectivity index (χ2n) is 10.1. The molecular weight excluding hydrogens is 459 g/mol. The van der Waals surface area contributed by atoms with Gasteiger partial charge in [-0.2, -0.15) is 0 Å². The Hall–Kier alpha value is -1.13. The molecule has 0 amide bonds. The molecule has 2 aromatic carbocycles. The van der Waals surface area contributed by atoms with E-state index in [4.69, 9.17) is 4.99 Å². The van der Waals surface area contributed by atoms with Gasteiger partial charge < -0.3 is 13.8 Å². The predicted octanol–water partition coefficient (Wildman–Crippen LogP) is 8.65. The van der Waals surface area contributed by atoms with Crippen LogP contribution in [0.3, 0.4) is 0 Å². The number of amidine groups is 1. The number of hydrogen-bond donors (Lipinski definition) is 1. The van der Waals surface area contributed by atoms with Crippen molar-refractivity contribution in [2.45, 2.75) is 91.9 Å². The van der Waals surface area contributed by atoms with Crippen molar-refractivity contribution in [2.24, 2.45) is 4.99 Å². The Morgan fingerprint density at radius 2 is 1.33 bits per heavy atom. The largest absolute Gasteiger partial charge is 2.00 e. The van der Waals surface area contributed by atoms with Gasteiger partial charge in [0.2, 0.25) is 0 Å². The van der Waals surface area contributed by atoms with Gasteiger partial charge in [-0.3, -0.25) is 0 Å². The Morgan fingerprint density at radius 1 is 0.879 bits per heavy atom. The standard InChI is InChI=1S/C25H37N2P.C4H8.Cr/c1-17(2)28(18(3)4)27-24(26-23-19(5)11-10-12-20(23)6)21-13-15-22(16-14-21)25(7,8)9;1-3-4-2;/h10-18H,1-9H3,(H,26,27);1-4H2;/q;-2;+2/p+1. The summed E-state index contributed by atoms with van der Waals surface area (Å²) in [7, 11) is -0.788. The maximum atomic E-state index is 5.16. The van der Waals surface area contributed by atoms with Crippen LogP contribution in [0.2, 0.25) is 0 Å². The zero-order valence-corrected chi connectivity index (χ0v) is 24.7. The van der Waals surface area contributed by atoms with E-state index >= 15 is 0 Å². The smallest absolute Gasteiger partial charge is 0.346 e. The van der Waals surface area contributed by atoms with Crippen LogP contribution in [0.4, 0.5) is 5.69 Å². The fraction of sp³-hybridized carbons (Fsp3) is 0.483. The van der Waals surface area contributed by atoms with E-state index in [9.17, 15) is 0 Å². The third kappa shape index (κ3) is 10.3. The molecule has 0 saturated heterocycles. The Bertz CT molecular complexity index is 819. The molecule has 0 heterocycles. The molecule has 0 unspecified atom stereocenters. The van der Waals surface area contributed by atoms with E-state index in [1.165, 1.54) is 22.3 Å². The third-order valence-electron chi connectivity index (χ3n) is 5.44. The summed E-state index contributed by atoms with van der Waals surface area (Å²) in [6, 6.07) is 15.3. The number of nitrogens with one attached hydrogen (secondary N) is 1. The summed E-state index contributed by atoms with van der Waals surface area (Å²) in [4.78, 5) is 5.16. The van der Waals surface area contributed by atoms with E-state index in [1.807, 2.05) is 0 Å². The molecule has 0 atom stereocenters. The molecule has 0 radical (unpaired) electrons. The van der Waals surface area contributed by atoms with Gasteiger partial charge in [-0.25, -0.2) is 22.9 Å². The molecule has 182 valence electrons. The van der Waals surface area contributed by atoms with Crippen molar-refractivity contribution < 1.29 is 17.4 Å². The zero-order chi connectivity index (χ0) is 24.5. The van der Waals surface area contributed by atoms with Gasteiger partial charge in [-0.1, -0.05) is 63.2 Å². The van der Waals surface area contributed by atoms with Gasteiger partial charge >= 0.3 is 17.4 Å². The molecule has 0 aliphatic rings. The number of rotatable bonds is 6. The van der Waals surface area contributed by atoms with E-state index in [1.54, 1.807) is 0 Å². The second-order valence-corrected chi connectivity index (χ2v) is 13.6. The SMILES string of the molecule is Cc1cccc(C)c1N=C(N[PH+](C(C)C)C(C)C)c1ccc(C(C)(C)C)cc1.[CH2-]CC[CH2-].[Cr+2]. The number of aliphatic imine (C=N–C) groups is 1. The topological polar surface area (TPSA) is 24.4 Å². The van der Waals surface area contributed by atoms with Gasteiger partial charge in [0, 0.05) is 5.56 Å². The molecular formula is C29H46CrN2P+. The van der Waals surface area contributed by atoms with Gasteiger partial charge in [-0.15, -0.1) is 0 Å². The van der Waals surface area contributed by atoms with Crippen molar-refractivity contribution in [1.29, 1.82) is 0 Å². The van der Waals surface area contributed by atoms with Crippen LogP contribution in [0, 0.1) is 27.7 Å². The minimum atomic E-state index is -0.788. The van der Waals surface area contributed by atoms with Gasteiger partial charge in [-0.05, 0) is 63.6 Å². The Balaban J connectivity index is 0.00000189. The summed E-state index contributed by atoms with van der Waals surface area (Å²) in [6.45, 7) is 27.4. The van der Waals surface area contributed by atoms with Crippen molar-refractivity contribution in [2.75, 3.05) is 0 Å². The molecule has 2 rings (SSSR count). The summed E-state index contributed by atoms with van der Waals surface area (Å²) < 4.78 is 0. The Morgan fingerprint density at radius 3 is 1.70 bits per heavy atom. The van der Waals surface area contributed by atoms with Crippen molar-refractivity contribution in [3.63, 3.8) is 0 Å². The number of hydrogen-bond acceptors (Lipinski definition) is 1. The van der Waals surface area contributed by atoms with Crippen LogP contribution in [0.1, 0.15) is 83.6 Å². The van der Waals surface area contributed by atoms with Crippen molar-refractivity contribution in [1.82, 2.24) is 5.09 Å². The molecule has 4 heteroatoms. The first kappa shape index (κ1) is 31.9. The van der Waals surface area contributed by atoms with Gasteiger partial charge in [0.25, 0.3) is 0 Å². The Kier molecular flexibility index (Phi) is 14.5. The van der Waals surface area contributed by atoms with E-state index in [0.29, 0.717) is 11.3 Å².